The van der Waals surface area contributed by atoms with Crippen molar-refractivity contribution in [3.05, 3.63) is 53.0 Å². The first-order chi connectivity index (χ1) is 10.7. The number of aryl methyl sites for hydroxylation is 1. The van der Waals surface area contributed by atoms with Gasteiger partial charge in [0.25, 0.3) is 0 Å². The molecule has 0 N–H and O–H groups in total. The number of anilines is 1. The molecule has 0 bridgehead atoms. The van der Waals surface area contributed by atoms with Crippen LogP contribution in [0.3, 0.4) is 0 Å². The molecule has 4 nitrogen and oxygen atoms in total. The monoisotopic (exact) mass is 290 g/mol. The zero-order valence-electron chi connectivity index (χ0n) is 12.7. The second kappa shape index (κ2) is 6.40. The van der Waals surface area contributed by atoms with Crippen LogP contribution in [0.4, 0.5) is 5.82 Å². The minimum atomic E-state index is 0.657. The van der Waals surface area contributed by atoms with Gasteiger partial charge in [0, 0.05) is 24.8 Å². The van der Waals surface area contributed by atoms with E-state index in [4.69, 9.17) is 5.26 Å². The second-order valence-electron chi connectivity index (χ2n) is 5.49. The van der Waals surface area contributed by atoms with Crippen LogP contribution >= 0.6 is 0 Å². The number of rotatable bonds is 3. The molecule has 0 atom stereocenters. The molecule has 1 aromatic carbocycles. The minimum Gasteiger partial charge on any atom is -0.356 e. The fourth-order valence-corrected chi connectivity index (χ4v) is 2.64. The van der Waals surface area contributed by atoms with Gasteiger partial charge < -0.3 is 4.90 Å². The van der Waals surface area contributed by atoms with Crippen molar-refractivity contribution in [1.82, 2.24) is 9.97 Å². The highest BCUT2D eigenvalue weighted by Crippen LogP contribution is 2.19. The SMILES string of the molecule is Cc1cc(N2CCCC2)nc(C=Cc2cccc(C#N)c2)n1. The molecule has 1 fully saturated rings. The van der Waals surface area contributed by atoms with Crippen LogP contribution in [-0.4, -0.2) is 23.1 Å². The van der Waals surface area contributed by atoms with Crippen LogP contribution in [-0.2, 0) is 0 Å². The molecule has 4 heteroatoms. The first-order valence-electron chi connectivity index (χ1n) is 7.53. The van der Waals surface area contributed by atoms with Crippen LogP contribution < -0.4 is 4.90 Å². The van der Waals surface area contributed by atoms with Gasteiger partial charge in [-0.25, -0.2) is 9.97 Å². The molecule has 22 heavy (non-hydrogen) atoms. The molecule has 3 rings (SSSR count). The van der Waals surface area contributed by atoms with E-state index in [1.165, 1.54) is 12.8 Å². The Morgan fingerprint density at radius 1 is 1.14 bits per heavy atom. The lowest BCUT2D eigenvalue weighted by Crippen LogP contribution is -2.19. The third-order valence-corrected chi connectivity index (χ3v) is 3.73. The van der Waals surface area contributed by atoms with Gasteiger partial charge in [0.2, 0.25) is 0 Å². The summed E-state index contributed by atoms with van der Waals surface area (Å²) in [5.41, 5.74) is 2.61. The van der Waals surface area contributed by atoms with E-state index in [0.717, 1.165) is 30.2 Å². The molecule has 110 valence electrons. The molecule has 0 radical (unpaired) electrons. The number of benzene rings is 1. The van der Waals surface area contributed by atoms with Gasteiger partial charge in [-0.05, 0) is 43.5 Å². The van der Waals surface area contributed by atoms with E-state index >= 15 is 0 Å². The van der Waals surface area contributed by atoms with Crippen LogP contribution in [0.2, 0.25) is 0 Å². The molecule has 0 unspecified atom stereocenters. The predicted molar refractivity (Wildman–Crippen MR) is 88.3 cm³/mol. The lowest BCUT2D eigenvalue weighted by Gasteiger charge is -2.16. The quantitative estimate of drug-likeness (QED) is 0.869. The molecule has 1 aliphatic heterocycles. The Bertz CT molecular complexity index is 737. The Hall–Kier alpha value is -2.67. The van der Waals surface area contributed by atoms with Crippen molar-refractivity contribution in [2.45, 2.75) is 19.8 Å². The summed E-state index contributed by atoms with van der Waals surface area (Å²) in [4.78, 5) is 11.4. The zero-order chi connectivity index (χ0) is 15.4. The maximum absolute atomic E-state index is 8.94. The average Bonchev–Trinajstić information content (AvgIpc) is 3.07. The molecule has 1 aromatic heterocycles. The van der Waals surface area contributed by atoms with Crippen molar-refractivity contribution >= 4 is 18.0 Å². The van der Waals surface area contributed by atoms with Gasteiger partial charge >= 0.3 is 0 Å². The topological polar surface area (TPSA) is 52.8 Å². The number of aromatic nitrogens is 2. The van der Waals surface area contributed by atoms with Crippen LogP contribution in [0, 0.1) is 18.3 Å². The summed E-state index contributed by atoms with van der Waals surface area (Å²) in [6, 6.07) is 11.7. The zero-order valence-corrected chi connectivity index (χ0v) is 12.7. The molecule has 2 aromatic rings. The van der Waals surface area contributed by atoms with E-state index in [1.807, 2.05) is 43.3 Å². The molecular weight excluding hydrogens is 272 g/mol. The molecule has 1 aliphatic rings. The number of hydrogen-bond donors (Lipinski definition) is 0. The third kappa shape index (κ3) is 3.32. The smallest absolute Gasteiger partial charge is 0.154 e. The fourth-order valence-electron chi connectivity index (χ4n) is 2.64. The van der Waals surface area contributed by atoms with Crippen molar-refractivity contribution in [2.75, 3.05) is 18.0 Å². The van der Waals surface area contributed by atoms with Crippen molar-refractivity contribution in [3.63, 3.8) is 0 Å². The molecule has 0 saturated carbocycles. The van der Waals surface area contributed by atoms with E-state index in [-0.39, 0.29) is 0 Å². The van der Waals surface area contributed by atoms with Gasteiger partial charge in [0.05, 0.1) is 11.6 Å². The van der Waals surface area contributed by atoms with Crippen LogP contribution in [0.5, 0.6) is 0 Å². The minimum absolute atomic E-state index is 0.657. The summed E-state index contributed by atoms with van der Waals surface area (Å²) in [6.45, 7) is 4.14. The lowest BCUT2D eigenvalue weighted by molar-refractivity contribution is 0.915. The van der Waals surface area contributed by atoms with E-state index < -0.39 is 0 Å². The standard InChI is InChI=1S/C18H18N4/c1-14-11-18(22-9-2-3-10-22)21-17(20-14)8-7-15-5-4-6-16(12-15)13-19/h4-8,11-12H,2-3,9-10H2,1H3. The molecular formula is C18H18N4. The largest absolute Gasteiger partial charge is 0.356 e. The van der Waals surface area contributed by atoms with Gasteiger partial charge in [-0.2, -0.15) is 5.26 Å². The summed E-state index contributed by atoms with van der Waals surface area (Å²) < 4.78 is 0. The molecule has 2 heterocycles. The van der Waals surface area contributed by atoms with Gasteiger partial charge in [0.1, 0.15) is 5.82 Å². The lowest BCUT2D eigenvalue weighted by atomic mass is 10.1. The van der Waals surface area contributed by atoms with Crippen molar-refractivity contribution in [2.24, 2.45) is 0 Å². The van der Waals surface area contributed by atoms with E-state index in [9.17, 15) is 0 Å². The Morgan fingerprint density at radius 2 is 1.95 bits per heavy atom. The predicted octanol–water partition coefficient (Wildman–Crippen LogP) is 3.43. The Labute approximate surface area is 130 Å². The van der Waals surface area contributed by atoms with E-state index in [0.29, 0.717) is 11.4 Å². The summed E-state index contributed by atoms with van der Waals surface area (Å²) >= 11 is 0. The van der Waals surface area contributed by atoms with Gasteiger partial charge in [-0.1, -0.05) is 18.2 Å². The molecule has 1 saturated heterocycles. The highest BCUT2D eigenvalue weighted by Gasteiger charge is 2.14. The second-order valence-corrected chi connectivity index (χ2v) is 5.49. The maximum atomic E-state index is 8.94. The number of hydrogen-bond acceptors (Lipinski definition) is 4. The summed E-state index contributed by atoms with van der Waals surface area (Å²) in [5.74, 6) is 1.72. The van der Waals surface area contributed by atoms with Crippen LogP contribution in [0.1, 0.15) is 35.5 Å². The van der Waals surface area contributed by atoms with Gasteiger partial charge in [0.15, 0.2) is 5.82 Å². The normalized spacial score (nSPS) is 14.5. The van der Waals surface area contributed by atoms with Gasteiger partial charge in [-0.15, -0.1) is 0 Å². The first kappa shape index (κ1) is 14.3. The number of nitrogens with zero attached hydrogens (tertiary/aromatic N) is 4. The Kier molecular flexibility index (Phi) is 4.15. The van der Waals surface area contributed by atoms with E-state index in [1.54, 1.807) is 6.07 Å². The average molecular weight is 290 g/mol. The van der Waals surface area contributed by atoms with Crippen molar-refractivity contribution in [3.8, 4) is 6.07 Å². The summed E-state index contributed by atoms with van der Waals surface area (Å²) in [6.07, 6.45) is 6.32. The van der Waals surface area contributed by atoms with E-state index in [2.05, 4.69) is 20.9 Å². The highest BCUT2D eigenvalue weighted by molar-refractivity contribution is 5.68. The van der Waals surface area contributed by atoms with Crippen molar-refractivity contribution < 1.29 is 0 Å². The van der Waals surface area contributed by atoms with Gasteiger partial charge in [-0.3, -0.25) is 0 Å². The third-order valence-electron chi connectivity index (χ3n) is 3.73. The maximum Gasteiger partial charge on any atom is 0.154 e. The van der Waals surface area contributed by atoms with Crippen LogP contribution in [0.25, 0.3) is 12.2 Å². The fraction of sp³-hybridized carbons (Fsp3) is 0.278. The molecule has 0 spiro atoms. The summed E-state index contributed by atoms with van der Waals surface area (Å²) in [5, 5.41) is 8.94. The Balaban J connectivity index is 1.85. The first-order valence-corrected chi connectivity index (χ1v) is 7.53. The summed E-state index contributed by atoms with van der Waals surface area (Å²) in [7, 11) is 0. The molecule has 0 amide bonds. The number of nitriles is 1. The molecule has 0 aliphatic carbocycles. The highest BCUT2D eigenvalue weighted by atomic mass is 15.2. The van der Waals surface area contributed by atoms with Crippen LogP contribution in [0.15, 0.2) is 30.3 Å². The Morgan fingerprint density at radius 3 is 2.73 bits per heavy atom. The van der Waals surface area contributed by atoms with Crippen molar-refractivity contribution in [1.29, 1.82) is 5.26 Å².